The fourth-order valence-electron chi connectivity index (χ4n) is 3.76. The third-order valence-electron chi connectivity index (χ3n) is 5.02. The Labute approximate surface area is 148 Å². The van der Waals surface area contributed by atoms with E-state index >= 15 is 0 Å². The van der Waals surface area contributed by atoms with E-state index in [0.717, 1.165) is 35.4 Å². The van der Waals surface area contributed by atoms with Crippen molar-refractivity contribution in [2.45, 2.75) is 32.2 Å². The molecule has 128 valence electrons. The fourth-order valence-corrected chi connectivity index (χ4v) is 3.76. The average Bonchev–Trinajstić information content (AvgIpc) is 2.66. The second kappa shape index (κ2) is 6.81. The van der Waals surface area contributed by atoms with Crippen molar-refractivity contribution in [2.24, 2.45) is 0 Å². The molecule has 1 aliphatic heterocycles. The summed E-state index contributed by atoms with van der Waals surface area (Å²) in [6.07, 6.45) is 5.48. The van der Waals surface area contributed by atoms with Crippen molar-refractivity contribution in [1.82, 2.24) is 14.9 Å². The molecule has 0 aliphatic carbocycles. The minimum absolute atomic E-state index is 0.0341. The molecule has 0 amide bonds. The van der Waals surface area contributed by atoms with Gasteiger partial charge in [-0.1, -0.05) is 30.7 Å². The van der Waals surface area contributed by atoms with E-state index in [0.29, 0.717) is 5.52 Å². The average molecular weight is 333 g/mol. The molecule has 0 bridgehead atoms. The molecule has 0 saturated carbocycles. The number of aromatic hydroxyl groups is 1. The number of likely N-dealkylation sites (tertiary alicyclic amines) is 1. The van der Waals surface area contributed by atoms with Crippen LogP contribution in [0.25, 0.3) is 10.9 Å². The zero-order valence-corrected chi connectivity index (χ0v) is 14.5. The predicted octanol–water partition coefficient (Wildman–Crippen LogP) is 4.22. The minimum Gasteiger partial charge on any atom is -0.505 e. The summed E-state index contributed by atoms with van der Waals surface area (Å²) in [6, 6.07) is 14.0. The Bertz CT molecular complexity index is 873. The number of aryl methyl sites for hydroxylation is 1. The Morgan fingerprint density at radius 3 is 2.56 bits per heavy atom. The van der Waals surface area contributed by atoms with Crippen LogP contribution < -0.4 is 0 Å². The molecule has 1 atom stereocenters. The standard InChI is InChI=1S/C21H23N3O/c1-15-8-9-16-10-11-17(21(25)19(16)23-15)20(18-7-3-4-12-22-18)24-13-5-2-6-14-24/h3-4,7-12,20,25H,2,5-6,13-14H2,1H3. The second-order valence-corrected chi connectivity index (χ2v) is 6.78. The highest BCUT2D eigenvalue weighted by atomic mass is 16.3. The normalized spacial score (nSPS) is 16.8. The number of fused-ring (bicyclic) bond motifs is 1. The van der Waals surface area contributed by atoms with E-state index in [1.165, 1.54) is 19.3 Å². The monoisotopic (exact) mass is 333 g/mol. The van der Waals surface area contributed by atoms with E-state index in [1.54, 1.807) is 0 Å². The molecule has 3 aromatic rings. The zero-order valence-electron chi connectivity index (χ0n) is 14.5. The molecule has 0 spiro atoms. The van der Waals surface area contributed by atoms with Gasteiger partial charge in [0.1, 0.15) is 11.3 Å². The number of phenolic OH excluding ortho intramolecular Hbond substituents is 1. The fraction of sp³-hybridized carbons (Fsp3) is 0.333. The first-order chi connectivity index (χ1) is 12.2. The van der Waals surface area contributed by atoms with Crippen LogP contribution in [0.3, 0.4) is 0 Å². The smallest absolute Gasteiger partial charge is 0.146 e. The molecular formula is C21H23N3O. The number of piperidine rings is 1. The number of rotatable bonds is 3. The molecule has 4 rings (SSSR count). The van der Waals surface area contributed by atoms with Crippen molar-refractivity contribution in [3.63, 3.8) is 0 Å². The molecule has 1 aliphatic rings. The van der Waals surface area contributed by atoms with Crippen molar-refractivity contribution in [3.8, 4) is 5.75 Å². The van der Waals surface area contributed by atoms with Gasteiger partial charge >= 0.3 is 0 Å². The number of hydrogen-bond acceptors (Lipinski definition) is 4. The lowest BCUT2D eigenvalue weighted by atomic mass is 9.96. The van der Waals surface area contributed by atoms with Gasteiger partial charge in [-0.15, -0.1) is 0 Å². The molecule has 1 N–H and O–H groups in total. The van der Waals surface area contributed by atoms with Gasteiger partial charge in [-0.2, -0.15) is 0 Å². The van der Waals surface area contributed by atoms with E-state index in [9.17, 15) is 5.11 Å². The number of nitrogens with zero attached hydrogens (tertiary/aromatic N) is 3. The van der Waals surface area contributed by atoms with Crippen LogP contribution in [-0.4, -0.2) is 33.1 Å². The van der Waals surface area contributed by atoms with Gasteiger partial charge in [0.25, 0.3) is 0 Å². The van der Waals surface area contributed by atoms with Crippen molar-refractivity contribution in [1.29, 1.82) is 0 Å². The molecule has 0 radical (unpaired) electrons. The van der Waals surface area contributed by atoms with E-state index < -0.39 is 0 Å². The molecule has 4 nitrogen and oxygen atoms in total. The van der Waals surface area contributed by atoms with Crippen LogP contribution in [0.15, 0.2) is 48.7 Å². The Balaban J connectivity index is 1.86. The van der Waals surface area contributed by atoms with Gasteiger partial charge in [0, 0.05) is 22.8 Å². The highest BCUT2D eigenvalue weighted by Crippen LogP contribution is 2.38. The van der Waals surface area contributed by atoms with Gasteiger partial charge in [-0.05, 0) is 51.1 Å². The minimum atomic E-state index is -0.0341. The number of aromatic nitrogens is 2. The van der Waals surface area contributed by atoms with E-state index in [1.807, 2.05) is 49.5 Å². The van der Waals surface area contributed by atoms with Crippen LogP contribution in [0.2, 0.25) is 0 Å². The molecule has 1 unspecified atom stereocenters. The molecule has 1 fully saturated rings. The van der Waals surface area contributed by atoms with Crippen LogP contribution >= 0.6 is 0 Å². The summed E-state index contributed by atoms with van der Waals surface area (Å²) in [7, 11) is 0. The van der Waals surface area contributed by atoms with Crippen LogP contribution in [0.4, 0.5) is 0 Å². The summed E-state index contributed by atoms with van der Waals surface area (Å²) in [5, 5.41) is 12.0. The molecule has 1 aromatic carbocycles. The van der Waals surface area contributed by atoms with E-state index in [-0.39, 0.29) is 11.8 Å². The number of pyridine rings is 2. The van der Waals surface area contributed by atoms with Crippen LogP contribution in [-0.2, 0) is 0 Å². The SMILES string of the molecule is Cc1ccc2ccc(C(c3ccccn3)N3CCCCC3)c(O)c2n1. The molecule has 1 saturated heterocycles. The molecule has 3 heterocycles. The van der Waals surface area contributed by atoms with Gasteiger partial charge in [-0.3, -0.25) is 9.88 Å². The van der Waals surface area contributed by atoms with Gasteiger partial charge in [0.05, 0.1) is 11.7 Å². The molecule has 2 aromatic heterocycles. The Kier molecular flexibility index (Phi) is 4.36. The van der Waals surface area contributed by atoms with Gasteiger partial charge in [0.15, 0.2) is 0 Å². The van der Waals surface area contributed by atoms with Crippen LogP contribution in [0, 0.1) is 6.92 Å². The maximum atomic E-state index is 11.0. The van der Waals surface area contributed by atoms with E-state index in [2.05, 4.69) is 20.9 Å². The number of hydrogen-bond donors (Lipinski definition) is 1. The van der Waals surface area contributed by atoms with Crippen LogP contribution in [0.1, 0.15) is 42.3 Å². The molecule has 25 heavy (non-hydrogen) atoms. The number of benzene rings is 1. The quantitative estimate of drug-likeness (QED) is 0.780. The Morgan fingerprint density at radius 1 is 1.00 bits per heavy atom. The highest BCUT2D eigenvalue weighted by molar-refractivity contribution is 5.86. The third-order valence-corrected chi connectivity index (χ3v) is 5.02. The first kappa shape index (κ1) is 16.0. The topological polar surface area (TPSA) is 49.2 Å². The highest BCUT2D eigenvalue weighted by Gasteiger charge is 2.28. The predicted molar refractivity (Wildman–Crippen MR) is 99.6 cm³/mol. The first-order valence-corrected chi connectivity index (χ1v) is 8.98. The maximum absolute atomic E-state index is 11.0. The number of phenols is 1. The summed E-state index contributed by atoms with van der Waals surface area (Å²) < 4.78 is 0. The second-order valence-electron chi connectivity index (χ2n) is 6.78. The lowest BCUT2D eigenvalue weighted by Crippen LogP contribution is -2.34. The largest absolute Gasteiger partial charge is 0.505 e. The molecule has 4 heteroatoms. The first-order valence-electron chi connectivity index (χ1n) is 8.98. The summed E-state index contributed by atoms with van der Waals surface area (Å²) in [4.78, 5) is 11.6. The van der Waals surface area contributed by atoms with Crippen molar-refractivity contribution < 1.29 is 5.11 Å². The van der Waals surface area contributed by atoms with Crippen molar-refractivity contribution in [3.05, 3.63) is 65.6 Å². The zero-order chi connectivity index (χ0) is 17.2. The van der Waals surface area contributed by atoms with Crippen LogP contribution in [0.5, 0.6) is 5.75 Å². The maximum Gasteiger partial charge on any atom is 0.146 e. The summed E-state index contributed by atoms with van der Waals surface area (Å²) in [5.74, 6) is 0.280. The van der Waals surface area contributed by atoms with Crippen molar-refractivity contribution >= 4 is 10.9 Å². The third kappa shape index (κ3) is 3.10. The van der Waals surface area contributed by atoms with Gasteiger partial charge in [0.2, 0.25) is 0 Å². The Morgan fingerprint density at radius 2 is 1.80 bits per heavy atom. The summed E-state index contributed by atoms with van der Waals surface area (Å²) in [5.41, 5.74) is 3.46. The summed E-state index contributed by atoms with van der Waals surface area (Å²) >= 11 is 0. The van der Waals surface area contributed by atoms with Gasteiger partial charge in [-0.25, -0.2) is 4.98 Å². The van der Waals surface area contributed by atoms with Crippen molar-refractivity contribution in [2.75, 3.05) is 13.1 Å². The van der Waals surface area contributed by atoms with E-state index in [4.69, 9.17) is 0 Å². The lowest BCUT2D eigenvalue weighted by molar-refractivity contribution is 0.182. The summed E-state index contributed by atoms with van der Waals surface area (Å²) in [6.45, 7) is 4.01. The van der Waals surface area contributed by atoms with Gasteiger partial charge < -0.3 is 5.11 Å². The lowest BCUT2D eigenvalue weighted by Gasteiger charge is -2.34. The Hall–Kier alpha value is -2.46. The molecular weight excluding hydrogens is 310 g/mol.